The van der Waals surface area contributed by atoms with Gasteiger partial charge in [0.2, 0.25) is 5.95 Å². The third-order valence-electron chi connectivity index (χ3n) is 3.10. The molecule has 0 bridgehead atoms. The van der Waals surface area contributed by atoms with Crippen molar-refractivity contribution < 1.29 is 0 Å². The van der Waals surface area contributed by atoms with Crippen LogP contribution in [0.4, 0.5) is 5.95 Å². The van der Waals surface area contributed by atoms with Crippen molar-refractivity contribution in [2.24, 2.45) is 0 Å². The SMILES string of the molecule is Cc1nc(N)nc2cccc(-c3cc(Cl)cc(Cl)c3)c12. The molecule has 3 rings (SSSR count). The van der Waals surface area contributed by atoms with Crippen LogP contribution in [0.5, 0.6) is 0 Å². The quantitative estimate of drug-likeness (QED) is 0.720. The summed E-state index contributed by atoms with van der Waals surface area (Å²) in [6.07, 6.45) is 0. The molecule has 0 radical (unpaired) electrons. The molecule has 2 aromatic carbocycles. The summed E-state index contributed by atoms with van der Waals surface area (Å²) in [5.74, 6) is 0.274. The molecular formula is C15H11Cl2N3. The Balaban J connectivity index is 2.36. The lowest BCUT2D eigenvalue weighted by Crippen LogP contribution is -1.98. The van der Waals surface area contributed by atoms with Crippen molar-refractivity contribution in [1.29, 1.82) is 0 Å². The fourth-order valence-corrected chi connectivity index (χ4v) is 2.87. The Labute approximate surface area is 126 Å². The number of nitrogens with two attached hydrogens (primary N) is 1. The van der Waals surface area contributed by atoms with Gasteiger partial charge < -0.3 is 5.73 Å². The van der Waals surface area contributed by atoms with Gasteiger partial charge in [-0.25, -0.2) is 9.97 Å². The van der Waals surface area contributed by atoms with Crippen molar-refractivity contribution in [3.05, 3.63) is 52.1 Å². The number of benzene rings is 2. The van der Waals surface area contributed by atoms with Crippen LogP contribution >= 0.6 is 23.2 Å². The van der Waals surface area contributed by atoms with E-state index in [1.165, 1.54) is 0 Å². The summed E-state index contributed by atoms with van der Waals surface area (Å²) in [7, 11) is 0. The number of rotatable bonds is 1. The molecule has 1 heterocycles. The molecule has 0 aliphatic heterocycles. The highest BCUT2D eigenvalue weighted by atomic mass is 35.5. The van der Waals surface area contributed by atoms with Crippen molar-refractivity contribution >= 4 is 40.1 Å². The molecule has 0 saturated carbocycles. The summed E-state index contributed by atoms with van der Waals surface area (Å²) in [5.41, 5.74) is 9.26. The average molecular weight is 304 g/mol. The maximum Gasteiger partial charge on any atom is 0.220 e. The van der Waals surface area contributed by atoms with Crippen molar-refractivity contribution in [3.63, 3.8) is 0 Å². The van der Waals surface area contributed by atoms with E-state index in [-0.39, 0.29) is 5.95 Å². The minimum absolute atomic E-state index is 0.274. The summed E-state index contributed by atoms with van der Waals surface area (Å²) in [6.45, 7) is 1.91. The monoisotopic (exact) mass is 303 g/mol. The standard InChI is InChI=1S/C15H11Cl2N3/c1-8-14-12(9-5-10(16)7-11(17)6-9)3-2-4-13(14)20-15(18)19-8/h2-7H,1H3,(H2,18,19,20). The Morgan fingerprint density at radius 1 is 1.00 bits per heavy atom. The Morgan fingerprint density at radius 2 is 1.70 bits per heavy atom. The summed E-state index contributed by atoms with van der Waals surface area (Å²) in [6, 6.07) is 11.3. The van der Waals surface area contributed by atoms with Gasteiger partial charge in [-0.1, -0.05) is 35.3 Å². The van der Waals surface area contributed by atoms with Crippen LogP contribution in [0.15, 0.2) is 36.4 Å². The molecule has 0 aliphatic rings. The van der Waals surface area contributed by atoms with Crippen LogP contribution in [0.2, 0.25) is 10.0 Å². The number of nitrogens with zero attached hydrogens (tertiary/aromatic N) is 2. The van der Waals surface area contributed by atoms with Gasteiger partial charge in [0.05, 0.1) is 11.2 Å². The molecule has 5 heteroatoms. The molecule has 3 nitrogen and oxygen atoms in total. The minimum atomic E-state index is 0.274. The molecule has 0 spiro atoms. The summed E-state index contributed by atoms with van der Waals surface area (Å²) in [5, 5.41) is 2.15. The number of fused-ring (bicyclic) bond motifs is 1. The highest BCUT2D eigenvalue weighted by Crippen LogP contribution is 2.33. The van der Waals surface area contributed by atoms with Crippen molar-refractivity contribution in [2.45, 2.75) is 6.92 Å². The highest BCUT2D eigenvalue weighted by Gasteiger charge is 2.10. The maximum atomic E-state index is 6.08. The molecule has 3 aromatic rings. The van der Waals surface area contributed by atoms with Gasteiger partial charge in [-0.2, -0.15) is 0 Å². The molecule has 20 heavy (non-hydrogen) atoms. The van der Waals surface area contributed by atoms with Crippen LogP contribution in [0.3, 0.4) is 0 Å². The first-order valence-electron chi connectivity index (χ1n) is 6.04. The molecule has 100 valence electrons. The largest absolute Gasteiger partial charge is 0.368 e. The van der Waals surface area contributed by atoms with E-state index in [2.05, 4.69) is 9.97 Å². The van der Waals surface area contributed by atoms with E-state index in [1.54, 1.807) is 6.07 Å². The second-order valence-corrected chi connectivity index (χ2v) is 5.40. The van der Waals surface area contributed by atoms with Crippen LogP contribution < -0.4 is 5.73 Å². The summed E-state index contributed by atoms with van der Waals surface area (Å²) < 4.78 is 0. The zero-order valence-electron chi connectivity index (χ0n) is 10.7. The van der Waals surface area contributed by atoms with Crippen molar-refractivity contribution in [3.8, 4) is 11.1 Å². The Hall–Kier alpha value is -1.84. The Morgan fingerprint density at radius 3 is 2.40 bits per heavy atom. The van der Waals surface area contributed by atoms with Gasteiger partial charge in [-0.15, -0.1) is 0 Å². The van der Waals surface area contributed by atoms with Gasteiger partial charge >= 0.3 is 0 Å². The third kappa shape index (κ3) is 2.30. The van der Waals surface area contributed by atoms with E-state index in [9.17, 15) is 0 Å². The predicted octanol–water partition coefficient (Wildman–Crippen LogP) is 4.49. The third-order valence-corrected chi connectivity index (χ3v) is 3.53. The van der Waals surface area contributed by atoms with E-state index in [4.69, 9.17) is 28.9 Å². The predicted molar refractivity (Wildman–Crippen MR) is 84.1 cm³/mol. The average Bonchev–Trinajstić information content (AvgIpc) is 2.36. The molecule has 0 aliphatic carbocycles. The van der Waals surface area contributed by atoms with E-state index in [0.29, 0.717) is 10.0 Å². The highest BCUT2D eigenvalue weighted by molar-refractivity contribution is 6.35. The number of hydrogen-bond donors (Lipinski definition) is 1. The smallest absolute Gasteiger partial charge is 0.220 e. The van der Waals surface area contributed by atoms with Gasteiger partial charge in [0.25, 0.3) is 0 Å². The number of nitrogen functional groups attached to an aromatic ring is 1. The molecule has 0 fully saturated rings. The van der Waals surface area contributed by atoms with Crippen LogP contribution in [0.1, 0.15) is 5.69 Å². The Bertz CT molecular complexity index is 795. The summed E-state index contributed by atoms with van der Waals surface area (Å²) in [4.78, 5) is 8.50. The van der Waals surface area contributed by atoms with E-state index < -0.39 is 0 Å². The van der Waals surface area contributed by atoms with E-state index in [0.717, 1.165) is 27.7 Å². The number of aryl methyl sites for hydroxylation is 1. The van der Waals surface area contributed by atoms with E-state index >= 15 is 0 Å². The minimum Gasteiger partial charge on any atom is -0.368 e. The summed E-state index contributed by atoms with van der Waals surface area (Å²) >= 11 is 12.2. The van der Waals surface area contributed by atoms with Crippen LogP contribution in [0.25, 0.3) is 22.0 Å². The van der Waals surface area contributed by atoms with Crippen molar-refractivity contribution in [2.75, 3.05) is 5.73 Å². The molecule has 0 saturated heterocycles. The molecule has 1 aromatic heterocycles. The topological polar surface area (TPSA) is 51.8 Å². The molecule has 0 atom stereocenters. The van der Waals surface area contributed by atoms with Crippen LogP contribution in [0, 0.1) is 6.92 Å². The molecule has 2 N–H and O–H groups in total. The first-order chi connectivity index (χ1) is 9.54. The molecule has 0 amide bonds. The zero-order valence-corrected chi connectivity index (χ0v) is 12.2. The Kier molecular flexibility index (Phi) is 3.24. The lowest BCUT2D eigenvalue weighted by Gasteiger charge is -2.10. The van der Waals surface area contributed by atoms with Crippen LogP contribution in [-0.4, -0.2) is 9.97 Å². The zero-order chi connectivity index (χ0) is 14.3. The second kappa shape index (κ2) is 4.93. The fraction of sp³-hybridized carbons (Fsp3) is 0.0667. The number of hydrogen-bond acceptors (Lipinski definition) is 3. The van der Waals surface area contributed by atoms with Crippen LogP contribution in [-0.2, 0) is 0 Å². The van der Waals surface area contributed by atoms with Gasteiger partial charge in [0.1, 0.15) is 0 Å². The molecular weight excluding hydrogens is 293 g/mol. The van der Waals surface area contributed by atoms with Gasteiger partial charge in [-0.3, -0.25) is 0 Å². The molecule has 0 unspecified atom stereocenters. The first-order valence-corrected chi connectivity index (χ1v) is 6.79. The first kappa shape index (κ1) is 13.2. The second-order valence-electron chi connectivity index (χ2n) is 4.53. The normalized spacial score (nSPS) is 10.9. The van der Waals surface area contributed by atoms with E-state index in [1.807, 2.05) is 37.3 Å². The van der Waals surface area contributed by atoms with Gasteiger partial charge in [0, 0.05) is 15.4 Å². The fourth-order valence-electron chi connectivity index (χ4n) is 2.34. The number of halogens is 2. The van der Waals surface area contributed by atoms with Gasteiger partial charge in [-0.05, 0) is 42.3 Å². The maximum absolute atomic E-state index is 6.08. The van der Waals surface area contributed by atoms with Crippen molar-refractivity contribution in [1.82, 2.24) is 9.97 Å². The number of anilines is 1. The lowest BCUT2D eigenvalue weighted by molar-refractivity contribution is 1.17. The number of aromatic nitrogens is 2. The van der Waals surface area contributed by atoms with Gasteiger partial charge in [0.15, 0.2) is 0 Å². The lowest BCUT2D eigenvalue weighted by atomic mass is 10.00.